The zero-order valence-corrected chi connectivity index (χ0v) is 14.0. The van der Waals surface area contributed by atoms with Crippen molar-refractivity contribution in [3.05, 3.63) is 48.5 Å². The summed E-state index contributed by atoms with van der Waals surface area (Å²) in [5.74, 6) is 1.16. The molecule has 6 nitrogen and oxygen atoms in total. The Hall–Kier alpha value is -2.63. The van der Waals surface area contributed by atoms with E-state index in [4.69, 9.17) is 0 Å². The minimum atomic E-state index is 0.104. The molecule has 0 unspecified atom stereocenters. The van der Waals surface area contributed by atoms with Crippen molar-refractivity contribution in [2.45, 2.75) is 32.2 Å². The summed E-state index contributed by atoms with van der Waals surface area (Å²) in [5.41, 5.74) is 2.17. The fraction of sp³-hybridized carbons (Fsp3) is 0.389. The molecule has 0 aliphatic heterocycles. The second-order valence-corrected chi connectivity index (χ2v) is 5.90. The van der Waals surface area contributed by atoms with Crippen LogP contribution in [-0.2, 0) is 24.8 Å². The maximum absolute atomic E-state index is 11.8. The molecule has 1 amide bonds. The molecule has 3 rings (SSSR count). The molecule has 0 atom stereocenters. The molecule has 0 fully saturated rings. The van der Waals surface area contributed by atoms with Crippen LogP contribution in [0.15, 0.2) is 42.7 Å². The fourth-order valence-corrected chi connectivity index (χ4v) is 2.82. The number of nitrogens with zero attached hydrogens (tertiary/aromatic N) is 4. The van der Waals surface area contributed by atoms with Crippen LogP contribution in [0, 0.1) is 0 Å². The first-order chi connectivity index (χ1) is 11.7. The van der Waals surface area contributed by atoms with E-state index in [2.05, 4.69) is 26.0 Å². The van der Waals surface area contributed by atoms with Gasteiger partial charge in [0.1, 0.15) is 5.82 Å². The molecular weight excluding hydrogens is 302 g/mol. The Bertz CT molecular complexity index is 791. The third-order valence-electron chi connectivity index (χ3n) is 4.13. The normalized spacial score (nSPS) is 11.0. The van der Waals surface area contributed by atoms with E-state index in [-0.39, 0.29) is 5.91 Å². The number of aryl methyl sites for hydroxylation is 3. The monoisotopic (exact) mass is 325 g/mol. The Morgan fingerprint density at radius 3 is 2.88 bits per heavy atom. The van der Waals surface area contributed by atoms with Crippen LogP contribution < -0.4 is 5.32 Å². The highest BCUT2D eigenvalue weighted by Gasteiger charge is 2.07. The molecule has 0 aliphatic rings. The van der Waals surface area contributed by atoms with E-state index >= 15 is 0 Å². The lowest BCUT2D eigenvalue weighted by molar-refractivity contribution is -0.121. The zero-order chi connectivity index (χ0) is 16.8. The second kappa shape index (κ2) is 7.77. The molecule has 0 aliphatic carbocycles. The van der Waals surface area contributed by atoms with E-state index in [1.807, 2.05) is 42.2 Å². The number of benzene rings is 1. The number of amides is 1. The van der Waals surface area contributed by atoms with Gasteiger partial charge in [-0.3, -0.25) is 9.48 Å². The summed E-state index contributed by atoms with van der Waals surface area (Å²) in [4.78, 5) is 16.5. The van der Waals surface area contributed by atoms with Crippen molar-refractivity contribution in [1.82, 2.24) is 24.6 Å². The zero-order valence-electron chi connectivity index (χ0n) is 14.0. The summed E-state index contributed by atoms with van der Waals surface area (Å²) in [6.45, 7) is 1.46. The number of hydrogen-bond acceptors (Lipinski definition) is 3. The van der Waals surface area contributed by atoms with Crippen LogP contribution in [-0.4, -0.2) is 31.8 Å². The highest BCUT2D eigenvalue weighted by atomic mass is 16.1. The Labute approximate surface area is 141 Å². The number of carbonyl (C=O) groups is 1. The molecule has 1 aromatic carbocycles. The molecule has 6 heteroatoms. The topological polar surface area (TPSA) is 64.7 Å². The molecule has 3 aromatic rings. The third kappa shape index (κ3) is 4.01. The van der Waals surface area contributed by atoms with Crippen molar-refractivity contribution in [2.75, 3.05) is 6.54 Å². The van der Waals surface area contributed by atoms with Gasteiger partial charge in [-0.05, 0) is 31.0 Å². The average Bonchev–Trinajstić information content (AvgIpc) is 3.21. The minimum Gasteiger partial charge on any atom is -0.356 e. The summed E-state index contributed by atoms with van der Waals surface area (Å²) < 4.78 is 3.97. The minimum absolute atomic E-state index is 0.104. The van der Waals surface area contributed by atoms with Gasteiger partial charge in [0.2, 0.25) is 5.91 Å². The van der Waals surface area contributed by atoms with E-state index in [0.717, 1.165) is 42.7 Å². The number of fused-ring (bicyclic) bond motifs is 1. The third-order valence-corrected chi connectivity index (χ3v) is 4.13. The highest BCUT2D eigenvalue weighted by Crippen LogP contribution is 2.14. The molecule has 126 valence electrons. The average molecular weight is 325 g/mol. The summed E-state index contributed by atoms with van der Waals surface area (Å²) in [5, 5.41) is 7.10. The van der Waals surface area contributed by atoms with Gasteiger partial charge in [0, 0.05) is 45.4 Å². The number of hydrogen-bond donors (Lipinski definition) is 1. The number of carbonyl (C=O) groups excluding carboxylic acids is 1. The molecule has 2 aromatic heterocycles. The summed E-state index contributed by atoms with van der Waals surface area (Å²) in [6, 6.07) is 10.0. The quantitative estimate of drug-likeness (QED) is 0.646. The van der Waals surface area contributed by atoms with Crippen molar-refractivity contribution in [3.8, 4) is 0 Å². The van der Waals surface area contributed by atoms with Crippen molar-refractivity contribution < 1.29 is 4.79 Å². The van der Waals surface area contributed by atoms with E-state index in [1.54, 1.807) is 6.20 Å². The van der Waals surface area contributed by atoms with Gasteiger partial charge < -0.3 is 9.88 Å². The smallest absolute Gasteiger partial charge is 0.220 e. The van der Waals surface area contributed by atoms with Crippen LogP contribution in [0.1, 0.15) is 25.1 Å². The van der Waals surface area contributed by atoms with Crippen LogP contribution >= 0.6 is 0 Å². The van der Waals surface area contributed by atoms with Crippen LogP contribution in [0.3, 0.4) is 0 Å². The van der Waals surface area contributed by atoms with Gasteiger partial charge in [-0.1, -0.05) is 12.1 Å². The van der Waals surface area contributed by atoms with Gasteiger partial charge in [0.25, 0.3) is 0 Å². The van der Waals surface area contributed by atoms with Crippen LogP contribution in [0.25, 0.3) is 11.0 Å². The lowest BCUT2D eigenvalue weighted by atomic mass is 10.2. The van der Waals surface area contributed by atoms with Crippen molar-refractivity contribution in [3.63, 3.8) is 0 Å². The molecule has 0 radical (unpaired) electrons. The number of imidazole rings is 1. The predicted molar refractivity (Wildman–Crippen MR) is 93.5 cm³/mol. The number of aromatic nitrogens is 4. The van der Waals surface area contributed by atoms with Crippen molar-refractivity contribution >= 4 is 16.9 Å². The highest BCUT2D eigenvalue weighted by molar-refractivity contribution is 5.76. The first-order valence-electron chi connectivity index (χ1n) is 8.38. The molecule has 0 bridgehead atoms. The Morgan fingerprint density at radius 1 is 1.21 bits per heavy atom. The van der Waals surface area contributed by atoms with Gasteiger partial charge in [-0.25, -0.2) is 4.98 Å². The first-order valence-corrected chi connectivity index (χ1v) is 8.38. The van der Waals surface area contributed by atoms with Crippen LogP contribution in [0.2, 0.25) is 0 Å². The van der Waals surface area contributed by atoms with Gasteiger partial charge >= 0.3 is 0 Å². The maximum atomic E-state index is 11.8. The van der Waals surface area contributed by atoms with E-state index in [0.29, 0.717) is 13.0 Å². The predicted octanol–water partition coefficient (Wildman–Crippen LogP) is 2.30. The lowest BCUT2D eigenvalue weighted by Gasteiger charge is -2.06. The van der Waals surface area contributed by atoms with Crippen LogP contribution in [0.4, 0.5) is 0 Å². The molecule has 24 heavy (non-hydrogen) atoms. The molecule has 0 spiro atoms. The number of nitrogens with one attached hydrogen (secondary N) is 1. The van der Waals surface area contributed by atoms with E-state index < -0.39 is 0 Å². The maximum Gasteiger partial charge on any atom is 0.220 e. The van der Waals surface area contributed by atoms with Crippen molar-refractivity contribution in [1.29, 1.82) is 0 Å². The van der Waals surface area contributed by atoms with Gasteiger partial charge in [0.15, 0.2) is 0 Å². The largest absolute Gasteiger partial charge is 0.356 e. The second-order valence-electron chi connectivity index (χ2n) is 5.90. The Balaban J connectivity index is 1.37. The number of para-hydroxylation sites is 2. The molecule has 1 N–H and O–H groups in total. The van der Waals surface area contributed by atoms with Gasteiger partial charge in [0.05, 0.1) is 11.0 Å². The summed E-state index contributed by atoms with van der Waals surface area (Å²) in [6.07, 6.45) is 6.75. The van der Waals surface area contributed by atoms with Gasteiger partial charge in [-0.2, -0.15) is 5.10 Å². The van der Waals surface area contributed by atoms with Crippen LogP contribution in [0.5, 0.6) is 0 Å². The lowest BCUT2D eigenvalue weighted by Crippen LogP contribution is -2.25. The molecule has 0 saturated carbocycles. The Morgan fingerprint density at radius 2 is 2.08 bits per heavy atom. The molecular formula is C18H23N5O. The fourth-order valence-electron chi connectivity index (χ4n) is 2.82. The molecule has 2 heterocycles. The summed E-state index contributed by atoms with van der Waals surface area (Å²) >= 11 is 0. The Kier molecular flexibility index (Phi) is 5.25. The molecule has 0 saturated heterocycles. The van der Waals surface area contributed by atoms with Crippen molar-refractivity contribution in [2.24, 2.45) is 7.05 Å². The number of rotatable bonds is 8. The van der Waals surface area contributed by atoms with Gasteiger partial charge in [-0.15, -0.1) is 0 Å². The van der Waals surface area contributed by atoms with E-state index in [9.17, 15) is 4.79 Å². The standard InChI is InChI=1S/C18H23N5O/c1-22-16-8-3-2-7-15(16)21-17(22)9-4-11-19-18(24)10-5-13-23-14-6-12-20-23/h2-3,6-8,12,14H,4-5,9-11,13H2,1H3,(H,19,24). The first kappa shape index (κ1) is 16.2. The van der Waals surface area contributed by atoms with E-state index in [1.165, 1.54) is 0 Å². The SMILES string of the molecule is Cn1c(CCCNC(=O)CCCn2cccn2)nc2ccccc21. The summed E-state index contributed by atoms with van der Waals surface area (Å²) in [7, 11) is 2.04.